The molecule has 0 aliphatic heterocycles. The summed E-state index contributed by atoms with van der Waals surface area (Å²) in [7, 11) is -3.88. The molecule has 2 aromatic carbocycles. The van der Waals surface area contributed by atoms with Crippen LogP contribution in [0.4, 0.5) is 0 Å². The molecule has 0 spiro atoms. The Kier molecular flexibility index (Phi) is 6.27. The van der Waals surface area contributed by atoms with Gasteiger partial charge in [0, 0.05) is 35.8 Å². The van der Waals surface area contributed by atoms with Gasteiger partial charge in [-0.1, -0.05) is 35.9 Å². The van der Waals surface area contributed by atoms with Crippen LogP contribution in [-0.2, 0) is 23.1 Å². The lowest BCUT2D eigenvalue weighted by molar-refractivity contribution is 0.112. The molecule has 8 heteroatoms. The van der Waals surface area contributed by atoms with Gasteiger partial charge in [0.15, 0.2) is 6.29 Å². The zero-order chi connectivity index (χ0) is 22.7. The van der Waals surface area contributed by atoms with Crippen LogP contribution in [0.2, 0.25) is 0 Å². The predicted molar refractivity (Wildman–Crippen MR) is 121 cm³/mol. The molecular weight excluding hydrogens is 428 g/mol. The average Bonchev–Trinajstić information content (AvgIpc) is 3.41. The summed E-state index contributed by atoms with van der Waals surface area (Å²) in [5.74, 6) is 0.475. The number of hydrogen-bond donors (Lipinski definition) is 1. The third-order valence-corrected chi connectivity index (χ3v) is 7.17. The van der Waals surface area contributed by atoms with Crippen molar-refractivity contribution in [1.82, 2.24) is 8.87 Å². The maximum Gasteiger partial charge on any atom is 0.243 e. The minimum Gasteiger partial charge on any atom is -0.468 e. The second-order valence-electron chi connectivity index (χ2n) is 7.72. The van der Waals surface area contributed by atoms with E-state index >= 15 is 0 Å². The van der Waals surface area contributed by atoms with Crippen molar-refractivity contribution in [2.75, 3.05) is 6.54 Å². The third-order valence-electron chi connectivity index (χ3n) is 5.34. The molecule has 0 bridgehead atoms. The summed E-state index contributed by atoms with van der Waals surface area (Å²) in [5, 5.41) is 11.6. The van der Waals surface area contributed by atoms with E-state index in [0.29, 0.717) is 11.3 Å². The van der Waals surface area contributed by atoms with Crippen LogP contribution in [0, 0.1) is 6.92 Å². The molecule has 0 aliphatic carbocycles. The van der Waals surface area contributed by atoms with E-state index in [0.717, 1.165) is 22.8 Å². The number of para-hydroxylation sites is 1. The number of nitrogens with zero attached hydrogens (tertiary/aromatic N) is 2. The number of aliphatic hydroxyl groups excluding tert-OH is 1. The molecule has 166 valence electrons. The monoisotopic (exact) mass is 452 g/mol. The summed E-state index contributed by atoms with van der Waals surface area (Å²) < 4.78 is 35.0. The first-order valence-electron chi connectivity index (χ1n) is 10.2. The molecule has 2 heterocycles. The SMILES string of the molecule is Cc1ccc(S(=O)(=O)N(Cc2ccco2)C[C@H](O)Cn2cc(C=O)c3ccccc32)cc1. The van der Waals surface area contributed by atoms with Crippen LogP contribution >= 0.6 is 0 Å². The maximum absolute atomic E-state index is 13.3. The van der Waals surface area contributed by atoms with Gasteiger partial charge in [0.05, 0.1) is 23.8 Å². The summed E-state index contributed by atoms with van der Waals surface area (Å²) in [5.41, 5.74) is 2.27. The van der Waals surface area contributed by atoms with Crippen LogP contribution in [0.25, 0.3) is 10.9 Å². The summed E-state index contributed by atoms with van der Waals surface area (Å²) in [6.07, 6.45) is 2.91. The van der Waals surface area contributed by atoms with Gasteiger partial charge in [-0.3, -0.25) is 4.79 Å². The van der Waals surface area contributed by atoms with E-state index in [2.05, 4.69) is 0 Å². The second kappa shape index (κ2) is 9.12. The molecule has 2 aromatic heterocycles. The Morgan fingerprint density at radius 2 is 1.84 bits per heavy atom. The first kappa shape index (κ1) is 22.0. The molecule has 0 radical (unpaired) electrons. The van der Waals surface area contributed by atoms with Gasteiger partial charge in [-0.25, -0.2) is 8.42 Å². The minimum atomic E-state index is -3.88. The molecule has 0 fully saturated rings. The number of sulfonamides is 1. The number of furan rings is 1. The molecule has 0 unspecified atom stereocenters. The molecule has 0 amide bonds. The van der Waals surface area contributed by atoms with Gasteiger partial charge in [-0.05, 0) is 37.3 Å². The number of aliphatic hydroxyl groups is 1. The summed E-state index contributed by atoms with van der Waals surface area (Å²) in [6, 6.07) is 17.4. The van der Waals surface area contributed by atoms with Gasteiger partial charge < -0.3 is 14.1 Å². The molecule has 0 saturated carbocycles. The summed E-state index contributed by atoms with van der Waals surface area (Å²) >= 11 is 0. The van der Waals surface area contributed by atoms with Crippen molar-refractivity contribution in [3.8, 4) is 0 Å². The third kappa shape index (κ3) is 4.52. The van der Waals surface area contributed by atoms with Crippen LogP contribution in [0.5, 0.6) is 0 Å². The normalized spacial score (nSPS) is 13.0. The molecule has 7 nitrogen and oxygen atoms in total. The Bertz CT molecular complexity index is 1310. The van der Waals surface area contributed by atoms with Gasteiger partial charge in [-0.2, -0.15) is 4.31 Å². The number of carbonyl (C=O) groups excluding carboxylic acids is 1. The lowest BCUT2D eigenvalue weighted by Crippen LogP contribution is -2.38. The Balaban J connectivity index is 1.61. The Morgan fingerprint density at radius 1 is 1.09 bits per heavy atom. The van der Waals surface area contributed by atoms with Crippen LogP contribution in [0.3, 0.4) is 0 Å². The number of rotatable bonds is 9. The fourth-order valence-corrected chi connectivity index (χ4v) is 5.17. The first-order valence-corrected chi connectivity index (χ1v) is 11.6. The number of aldehydes is 1. The predicted octanol–water partition coefficient (Wildman–Crippen LogP) is 3.61. The van der Waals surface area contributed by atoms with Crippen LogP contribution in [0.1, 0.15) is 21.7 Å². The topological polar surface area (TPSA) is 92.8 Å². The van der Waals surface area contributed by atoms with E-state index in [9.17, 15) is 18.3 Å². The number of aryl methyl sites for hydroxylation is 1. The average molecular weight is 453 g/mol. The van der Waals surface area contributed by atoms with Crippen molar-refractivity contribution in [2.24, 2.45) is 0 Å². The number of benzene rings is 2. The van der Waals surface area contributed by atoms with Crippen molar-refractivity contribution in [1.29, 1.82) is 0 Å². The second-order valence-corrected chi connectivity index (χ2v) is 9.65. The standard InChI is InChI=1S/C24H24N2O5S/c1-18-8-10-22(11-9-18)32(29,30)26(16-21-5-4-12-31-21)15-20(28)14-25-13-19(17-27)23-6-2-3-7-24(23)25/h2-13,17,20,28H,14-16H2,1H3/t20-/m1/s1. The van der Waals surface area contributed by atoms with Crippen molar-refractivity contribution < 1.29 is 22.7 Å². The number of fused-ring (bicyclic) bond motifs is 1. The van der Waals surface area contributed by atoms with Gasteiger partial charge in [0.2, 0.25) is 10.0 Å². The van der Waals surface area contributed by atoms with Crippen LogP contribution in [0.15, 0.2) is 82.4 Å². The summed E-state index contributed by atoms with van der Waals surface area (Å²) in [4.78, 5) is 11.6. The Hall–Kier alpha value is -3.20. The van der Waals surface area contributed by atoms with Crippen molar-refractivity contribution in [3.05, 3.63) is 90.0 Å². The number of carbonyl (C=O) groups is 1. The highest BCUT2D eigenvalue weighted by molar-refractivity contribution is 7.89. The Morgan fingerprint density at radius 3 is 2.53 bits per heavy atom. The molecular formula is C24H24N2O5S. The van der Waals surface area contributed by atoms with Gasteiger partial charge in [0.25, 0.3) is 0 Å². The van der Waals surface area contributed by atoms with Gasteiger partial charge in [0.1, 0.15) is 5.76 Å². The lowest BCUT2D eigenvalue weighted by Gasteiger charge is -2.24. The molecule has 1 N–H and O–H groups in total. The highest BCUT2D eigenvalue weighted by Gasteiger charge is 2.28. The molecule has 0 aliphatic rings. The van der Waals surface area contributed by atoms with E-state index in [1.807, 2.05) is 31.2 Å². The molecule has 1 atom stereocenters. The summed E-state index contributed by atoms with van der Waals surface area (Å²) in [6.45, 7) is 1.87. The van der Waals surface area contributed by atoms with Gasteiger partial charge in [-0.15, -0.1) is 0 Å². The molecule has 4 aromatic rings. The fraction of sp³-hybridized carbons (Fsp3) is 0.208. The fourth-order valence-electron chi connectivity index (χ4n) is 3.72. The van der Waals surface area contributed by atoms with Crippen LogP contribution in [-0.4, -0.2) is 41.3 Å². The van der Waals surface area contributed by atoms with E-state index in [1.54, 1.807) is 47.2 Å². The molecule has 32 heavy (non-hydrogen) atoms. The lowest BCUT2D eigenvalue weighted by atomic mass is 10.2. The van der Waals surface area contributed by atoms with E-state index in [-0.39, 0.29) is 24.5 Å². The highest BCUT2D eigenvalue weighted by atomic mass is 32.2. The highest BCUT2D eigenvalue weighted by Crippen LogP contribution is 2.23. The van der Waals surface area contributed by atoms with Crippen molar-refractivity contribution >= 4 is 27.2 Å². The number of aromatic nitrogens is 1. The van der Waals surface area contributed by atoms with Crippen molar-refractivity contribution in [2.45, 2.75) is 31.0 Å². The zero-order valence-electron chi connectivity index (χ0n) is 17.6. The quantitative estimate of drug-likeness (QED) is 0.392. The Labute approximate surface area is 186 Å². The maximum atomic E-state index is 13.3. The molecule has 0 saturated heterocycles. The smallest absolute Gasteiger partial charge is 0.243 e. The zero-order valence-corrected chi connectivity index (χ0v) is 18.4. The molecule has 4 rings (SSSR count). The first-order chi connectivity index (χ1) is 15.4. The van der Waals surface area contributed by atoms with E-state index < -0.39 is 16.1 Å². The van der Waals surface area contributed by atoms with E-state index in [4.69, 9.17) is 4.42 Å². The minimum absolute atomic E-state index is 0.00765. The van der Waals surface area contributed by atoms with Crippen molar-refractivity contribution in [3.63, 3.8) is 0 Å². The number of hydrogen-bond acceptors (Lipinski definition) is 5. The van der Waals surface area contributed by atoms with Crippen LogP contribution < -0.4 is 0 Å². The van der Waals surface area contributed by atoms with Gasteiger partial charge >= 0.3 is 0 Å². The largest absolute Gasteiger partial charge is 0.468 e. The van der Waals surface area contributed by atoms with E-state index in [1.165, 1.54) is 10.6 Å².